The smallest absolute Gasteiger partial charge is 0.315 e. The Morgan fingerprint density at radius 2 is 1.96 bits per heavy atom. The first-order valence-corrected chi connectivity index (χ1v) is 8.69. The van der Waals surface area contributed by atoms with E-state index in [1.807, 2.05) is 49.8 Å². The molecule has 0 saturated heterocycles. The molecule has 0 radical (unpaired) electrons. The third-order valence-electron chi connectivity index (χ3n) is 4.60. The van der Waals surface area contributed by atoms with Crippen molar-refractivity contribution < 1.29 is 9.90 Å². The molecule has 0 spiro atoms. The third-order valence-corrected chi connectivity index (χ3v) is 4.60. The van der Waals surface area contributed by atoms with E-state index in [9.17, 15) is 9.90 Å². The fourth-order valence-electron chi connectivity index (χ4n) is 2.91. The summed E-state index contributed by atoms with van der Waals surface area (Å²) in [6, 6.07) is 7.24. The van der Waals surface area contributed by atoms with Gasteiger partial charge in [-0.2, -0.15) is 5.10 Å². The highest BCUT2D eigenvalue weighted by atomic mass is 16.3. The second kappa shape index (κ2) is 8.67. The first-order chi connectivity index (χ1) is 12.0. The first-order valence-electron chi connectivity index (χ1n) is 8.69. The number of nitrogens with zero attached hydrogens (tertiary/aromatic N) is 2. The number of hydrogen-bond donors (Lipinski definition) is 3. The van der Waals surface area contributed by atoms with Crippen LogP contribution in [0.25, 0.3) is 0 Å². The van der Waals surface area contributed by atoms with Gasteiger partial charge in [0, 0.05) is 19.3 Å². The number of benzene rings is 1. The number of rotatable bonds is 7. The van der Waals surface area contributed by atoms with Gasteiger partial charge in [-0.05, 0) is 43.4 Å². The predicted molar refractivity (Wildman–Crippen MR) is 98.6 cm³/mol. The molecule has 0 aliphatic carbocycles. The van der Waals surface area contributed by atoms with Gasteiger partial charge >= 0.3 is 6.03 Å². The number of aliphatic hydroxyl groups is 1. The van der Waals surface area contributed by atoms with Crippen molar-refractivity contribution in [1.29, 1.82) is 0 Å². The molecule has 6 heteroatoms. The Morgan fingerprint density at radius 3 is 2.48 bits per heavy atom. The standard InChI is InChI=1S/C19H28N4O2/c1-5-15-6-8-16(9-7-15)18(12-24)21-19(25)20-11-10-17-13(2)22-23(4)14(17)3/h6-9,18,24H,5,10-12H2,1-4H3,(H2,20,21,25). The van der Waals surface area contributed by atoms with E-state index in [1.54, 1.807) is 0 Å². The largest absolute Gasteiger partial charge is 0.394 e. The van der Waals surface area contributed by atoms with Gasteiger partial charge in [0.25, 0.3) is 0 Å². The molecule has 3 N–H and O–H groups in total. The number of aliphatic hydroxyl groups excluding tert-OH is 1. The Hall–Kier alpha value is -2.34. The molecule has 2 aromatic rings. The van der Waals surface area contributed by atoms with E-state index in [-0.39, 0.29) is 12.6 Å². The van der Waals surface area contributed by atoms with Gasteiger partial charge in [-0.3, -0.25) is 4.68 Å². The topological polar surface area (TPSA) is 79.2 Å². The maximum absolute atomic E-state index is 12.1. The van der Waals surface area contributed by atoms with Crippen LogP contribution in [0.1, 0.15) is 41.0 Å². The molecule has 1 aromatic heterocycles. The van der Waals surface area contributed by atoms with Crippen molar-refractivity contribution in [3.8, 4) is 0 Å². The number of amides is 2. The second-order valence-corrected chi connectivity index (χ2v) is 6.25. The van der Waals surface area contributed by atoms with E-state index in [0.717, 1.165) is 35.4 Å². The highest BCUT2D eigenvalue weighted by molar-refractivity contribution is 5.74. The van der Waals surface area contributed by atoms with E-state index >= 15 is 0 Å². The van der Waals surface area contributed by atoms with E-state index in [0.29, 0.717) is 6.54 Å². The van der Waals surface area contributed by atoms with Crippen LogP contribution < -0.4 is 10.6 Å². The molecule has 136 valence electrons. The van der Waals surface area contributed by atoms with Gasteiger partial charge in [-0.1, -0.05) is 31.2 Å². The van der Waals surface area contributed by atoms with Crippen LogP contribution in [0.2, 0.25) is 0 Å². The minimum atomic E-state index is -0.409. The molecule has 25 heavy (non-hydrogen) atoms. The average molecular weight is 344 g/mol. The van der Waals surface area contributed by atoms with Crippen LogP contribution in [-0.4, -0.2) is 34.1 Å². The van der Waals surface area contributed by atoms with Crippen molar-refractivity contribution in [2.45, 2.75) is 39.7 Å². The molecule has 0 aliphatic heterocycles. The maximum Gasteiger partial charge on any atom is 0.315 e. The van der Waals surface area contributed by atoms with Crippen molar-refractivity contribution in [2.75, 3.05) is 13.2 Å². The van der Waals surface area contributed by atoms with Gasteiger partial charge in [0.1, 0.15) is 0 Å². The van der Waals surface area contributed by atoms with E-state index in [4.69, 9.17) is 0 Å². The number of aromatic nitrogens is 2. The van der Waals surface area contributed by atoms with Gasteiger partial charge in [0.15, 0.2) is 0 Å². The molecule has 0 aliphatic rings. The Balaban J connectivity index is 1.87. The highest BCUT2D eigenvalue weighted by Gasteiger charge is 2.14. The first kappa shape index (κ1) is 19.0. The van der Waals surface area contributed by atoms with Crippen LogP contribution in [0.3, 0.4) is 0 Å². The van der Waals surface area contributed by atoms with Crippen LogP contribution in [0, 0.1) is 13.8 Å². The lowest BCUT2D eigenvalue weighted by Crippen LogP contribution is -2.40. The Labute approximate surface area is 149 Å². The van der Waals surface area contributed by atoms with Gasteiger partial charge in [0.05, 0.1) is 18.3 Å². The van der Waals surface area contributed by atoms with E-state index in [2.05, 4.69) is 22.7 Å². The summed E-state index contributed by atoms with van der Waals surface area (Å²) in [4.78, 5) is 12.1. The number of nitrogens with one attached hydrogen (secondary N) is 2. The fourth-order valence-corrected chi connectivity index (χ4v) is 2.91. The summed E-state index contributed by atoms with van der Waals surface area (Å²) in [5.74, 6) is 0. The maximum atomic E-state index is 12.1. The Bertz CT molecular complexity index is 707. The highest BCUT2D eigenvalue weighted by Crippen LogP contribution is 2.14. The van der Waals surface area contributed by atoms with Crippen LogP contribution in [0.4, 0.5) is 4.79 Å². The quantitative estimate of drug-likeness (QED) is 0.720. The summed E-state index contributed by atoms with van der Waals surface area (Å²) < 4.78 is 1.85. The van der Waals surface area contributed by atoms with Gasteiger partial charge in [-0.15, -0.1) is 0 Å². The predicted octanol–water partition coefficient (Wildman–Crippen LogP) is 2.17. The molecule has 2 rings (SSSR count). The molecular weight excluding hydrogens is 316 g/mol. The summed E-state index contributed by atoms with van der Waals surface area (Å²) in [5, 5.41) is 19.6. The molecule has 0 fully saturated rings. The molecule has 1 heterocycles. The normalized spacial score (nSPS) is 12.0. The fraction of sp³-hybridized carbons (Fsp3) is 0.474. The van der Waals surface area contributed by atoms with Crippen LogP contribution in [-0.2, 0) is 19.9 Å². The average Bonchev–Trinajstić information content (AvgIpc) is 2.86. The molecule has 0 saturated carbocycles. The molecule has 1 atom stereocenters. The van der Waals surface area contributed by atoms with Crippen molar-refractivity contribution in [1.82, 2.24) is 20.4 Å². The zero-order valence-electron chi connectivity index (χ0n) is 15.5. The molecule has 0 bridgehead atoms. The molecular formula is C19H28N4O2. The zero-order valence-corrected chi connectivity index (χ0v) is 15.5. The number of urea groups is 1. The summed E-state index contributed by atoms with van der Waals surface area (Å²) in [7, 11) is 1.92. The van der Waals surface area contributed by atoms with E-state index in [1.165, 1.54) is 5.56 Å². The lowest BCUT2D eigenvalue weighted by atomic mass is 10.0. The van der Waals surface area contributed by atoms with Crippen LogP contribution >= 0.6 is 0 Å². The number of hydrogen-bond acceptors (Lipinski definition) is 3. The summed E-state index contributed by atoms with van der Waals surface area (Å²) in [6.07, 6.45) is 1.69. The van der Waals surface area contributed by atoms with Gasteiger partial charge < -0.3 is 15.7 Å². The zero-order chi connectivity index (χ0) is 18.4. The lowest BCUT2D eigenvalue weighted by Gasteiger charge is -2.17. The molecule has 6 nitrogen and oxygen atoms in total. The minimum Gasteiger partial charge on any atom is -0.394 e. The molecule has 1 unspecified atom stereocenters. The summed E-state index contributed by atoms with van der Waals surface area (Å²) >= 11 is 0. The van der Waals surface area contributed by atoms with Crippen LogP contribution in [0.15, 0.2) is 24.3 Å². The van der Waals surface area contributed by atoms with Gasteiger partial charge in [0.2, 0.25) is 0 Å². The minimum absolute atomic E-state index is 0.139. The molecule has 2 amide bonds. The van der Waals surface area contributed by atoms with Crippen molar-refractivity contribution in [3.05, 3.63) is 52.3 Å². The molecule has 1 aromatic carbocycles. The number of carbonyl (C=O) groups is 1. The number of aryl methyl sites for hydroxylation is 3. The van der Waals surface area contributed by atoms with Gasteiger partial charge in [-0.25, -0.2) is 4.79 Å². The number of carbonyl (C=O) groups excluding carboxylic acids is 1. The monoisotopic (exact) mass is 344 g/mol. The third kappa shape index (κ3) is 4.82. The summed E-state index contributed by atoms with van der Waals surface area (Å²) in [5.41, 5.74) is 5.40. The van der Waals surface area contributed by atoms with Crippen molar-refractivity contribution in [2.24, 2.45) is 7.05 Å². The second-order valence-electron chi connectivity index (χ2n) is 6.25. The SMILES string of the molecule is CCc1ccc(C(CO)NC(=O)NCCc2c(C)nn(C)c2C)cc1. The van der Waals surface area contributed by atoms with Crippen LogP contribution in [0.5, 0.6) is 0 Å². The summed E-state index contributed by atoms with van der Waals surface area (Å²) in [6.45, 7) is 6.48. The Kier molecular flexibility index (Phi) is 6.58. The van der Waals surface area contributed by atoms with Crippen molar-refractivity contribution >= 4 is 6.03 Å². The van der Waals surface area contributed by atoms with Crippen molar-refractivity contribution in [3.63, 3.8) is 0 Å². The van der Waals surface area contributed by atoms with E-state index < -0.39 is 6.04 Å². The Morgan fingerprint density at radius 1 is 1.28 bits per heavy atom. The lowest BCUT2D eigenvalue weighted by molar-refractivity contribution is 0.217.